The molecule has 0 bridgehead atoms. The van der Waals surface area contributed by atoms with Crippen molar-refractivity contribution < 1.29 is 9.90 Å². The Bertz CT molecular complexity index is 1130. The molecule has 2 aromatic heterocycles. The van der Waals surface area contributed by atoms with Crippen molar-refractivity contribution in [3.63, 3.8) is 0 Å². The molecule has 8 heteroatoms. The van der Waals surface area contributed by atoms with Crippen molar-refractivity contribution in [1.29, 1.82) is 0 Å². The summed E-state index contributed by atoms with van der Waals surface area (Å²) < 4.78 is 0. The van der Waals surface area contributed by atoms with Crippen LogP contribution in [0.4, 0.5) is 11.5 Å². The van der Waals surface area contributed by atoms with Gasteiger partial charge in [0.2, 0.25) is 5.91 Å². The van der Waals surface area contributed by atoms with Gasteiger partial charge >= 0.3 is 0 Å². The number of amides is 1. The second kappa shape index (κ2) is 8.58. The summed E-state index contributed by atoms with van der Waals surface area (Å²) in [6.07, 6.45) is 3.37. The number of phenols is 1. The van der Waals surface area contributed by atoms with Crippen LogP contribution in [0.1, 0.15) is 23.3 Å². The number of carbonyl (C=O) groups is 1. The van der Waals surface area contributed by atoms with E-state index in [2.05, 4.69) is 33.6 Å². The van der Waals surface area contributed by atoms with Crippen LogP contribution in [0.2, 0.25) is 0 Å². The third-order valence-electron chi connectivity index (χ3n) is 6.90. The van der Waals surface area contributed by atoms with Crippen molar-refractivity contribution in [2.75, 3.05) is 49.1 Å². The van der Waals surface area contributed by atoms with Crippen LogP contribution in [0.3, 0.4) is 0 Å². The number of piperazine rings is 1. The third kappa shape index (κ3) is 3.77. The molecule has 5 rings (SSSR count). The standard InChI is InChI=1S/C24H29N5O2S/c1-16-17(2)32-23-21(16)22(25-15-26-23)28-9-7-18(8-10-28)24(31)29-13-11-27(12-14-29)19-5-3-4-6-20(19)30/h3-6,15,18,30H,7-14H2,1-2H3. The molecule has 168 valence electrons. The van der Waals surface area contributed by atoms with E-state index in [1.165, 1.54) is 15.8 Å². The first kappa shape index (κ1) is 21.0. The first-order chi connectivity index (χ1) is 15.5. The number of thiophene rings is 1. The van der Waals surface area contributed by atoms with Gasteiger partial charge in [0.25, 0.3) is 0 Å². The lowest BCUT2D eigenvalue weighted by Gasteiger charge is -2.39. The number of hydrogen-bond acceptors (Lipinski definition) is 7. The van der Waals surface area contributed by atoms with Crippen LogP contribution in [0.15, 0.2) is 30.6 Å². The smallest absolute Gasteiger partial charge is 0.225 e. The van der Waals surface area contributed by atoms with E-state index in [1.807, 2.05) is 23.1 Å². The van der Waals surface area contributed by atoms with E-state index in [1.54, 1.807) is 23.7 Å². The predicted molar refractivity (Wildman–Crippen MR) is 129 cm³/mol. The highest BCUT2D eigenvalue weighted by atomic mass is 32.1. The molecular weight excluding hydrogens is 422 g/mol. The largest absolute Gasteiger partial charge is 0.506 e. The lowest BCUT2D eigenvalue weighted by atomic mass is 9.94. The zero-order valence-electron chi connectivity index (χ0n) is 18.6. The maximum Gasteiger partial charge on any atom is 0.225 e. The zero-order chi connectivity index (χ0) is 22.2. The molecule has 2 aliphatic heterocycles. The van der Waals surface area contributed by atoms with E-state index < -0.39 is 0 Å². The van der Waals surface area contributed by atoms with Crippen LogP contribution in [-0.2, 0) is 4.79 Å². The Morgan fingerprint density at radius 2 is 1.72 bits per heavy atom. The van der Waals surface area contributed by atoms with Crippen molar-refractivity contribution in [1.82, 2.24) is 14.9 Å². The minimum Gasteiger partial charge on any atom is -0.506 e. The van der Waals surface area contributed by atoms with E-state index in [4.69, 9.17) is 0 Å². The lowest BCUT2D eigenvalue weighted by molar-refractivity contribution is -0.136. The summed E-state index contributed by atoms with van der Waals surface area (Å²) in [5, 5.41) is 11.3. The number of aromatic hydroxyl groups is 1. The van der Waals surface area contributed by atoms with Gasteiger partial charge in [0.15, 0.2) is 0 Å². The van der Waals surface area contributed by atoms with Crippen LogP contribution in [0.5, 0.6) is 5.75 Å². The van der Waals surface area contributed by atoms with Gasteiger partial charge in [-0.15, -0.1) is 11.3 Å². The topological polar surface area (TPSA) is 72.8 Å². The Morgan fingerprint density at radius 3 is 2.44 bits per heavy atom. The van der Waals surface area contributed by atoms with Gasteiger partial charge in [-0.2, -0.15) is 0 Å². The number of piperidine rings is 1. The van der Waals surface area contributed by atoms with Gasteiger partial charge in [-0.25, -0.2) is 9.97 Å². The molecule has 1 aromatic carbocycles. The molecular formula is C24H29N5O2S. The third-order valence-corrected chi connectivity index (χ3v) is 8.02. The van der Waals surface area contributed by atoms with Crippen LogP contribution in [0.25, 0.3) is 10.2 Å². The first-order valence-electron chi connectivity index (χ1n) is 11.3. The molecule has 1 amide bonds. The fourth-order valence-corrected chi connectivity index (χ4v) is 5.89. The predicted octanol–water partition coefficient (Wildman–Crippen LogP) is 3.58. The summed E-state index contributed by atoms with van der Waals surface area (Å²) in [7, 11) is 0. The van der Waals surface area contributed by atoms with Crippen LogP contribution in [-0.4, -0.2) is 65.2 Å². The molecule has 3 aromatic rings. The molecule has 2 saturated heterocycles. The summed E-state index contributed by atoms with van der Waals surface area (Å²) in [5.41, 5.74) is 2.11. The minimum absolute atomic E-state index is 0.0746. The van der Waals surface area contributed by atoms with Crippen LogP contribution in [0, 0.1) is 19.8 Å². The Hall–Kier alpha value is -2.87. The Kier molecular flexibility index (Phi) is 5.63. The van der Waals surface area contributed by atoms with Gasteiger partial charge < -0.3 is 19.8 Å². The minimum atomic E-state index is 0.0746. The number of phenolic OH excluding ortho intramolecular Hbond substituents is 1. The fraction of sp³-hybridized carbons (Fsp3) is 0.458. The average molecular weight is 452 g/mol. The molecule has 2 fully saturated rings. The SMILES string of the molecule is Cc1sc2ncnc(N3CCC(C(=O)N4CCN(c5ccccc5O)CC4)CC3)c2c1C. The molecule has 1 N–H and O–H groups in total. The van der Waals surface area contributed by atoms with Gasteiger partial charge in [0.05, 0.1) is 11.1 Å². The van der Waals surface area contributed by atoms with Gasteiger partial charge in [-0.3, -0.25) is 4.79 Å². The summed E-state index contributed by atoms with van der Waals surface area (Å²) >= 11 is 1.72. The Balaban J connectivity index is 1.20. The molecule has 0 radical (unpaired) electrons. The first-order valence-corrected chi connectivity index (χ1v) is 12.1. The van der Waals surface area contributed by atoms with Gasteiger partial charge in [-0.05, 0) is 44.4 Å². The number of nitrogens with zero attached hydrogens (tertiary/aromatic N) is 5. The second-order valence-electron chi connectivity index (χ2n) is 8.72. The number of aryl methyl sites for hydroxylation is 2. The highest BCUT2D eigenvalue weighted by Gasteiger charge is 2.32. The summed E-state index contributed by atoms with van der Waals surface area (Å²) in [6, 6.07) is 7.41. The van der Waals surface area contributed by atoms with E-state index in [0.717, 1.165) is 55.4 Å². The van der Waals surface area contributed by atoms with Crippen molar-refractivity contribution in [2.24, 2.45) is 5.92 Å². The number of rotatable bonds is 3. The fourth-order valence-electron chi connectivity index (χ4n) is 4.90. The number of fused-ring (bicyclic) bond motifs is 1. The molecule has 2 aliphatic rings. The second-order valence-corrected chi connectivity index (χ2v) is 9.93. The monoisotopic (exact) mass is 451 g/mol. The van der Waals surface area contributed by atoms with E-state index in [-0.39, 0.29) is 11.8 Å². The number of aromatic nitrogens is 2. The highest BCUT2D eigenvalue weighted by molar-refractivity contribution is 7.18. The summed E-state index contributed by atoms with van der Waals surface area (Å²) in [4.78, 5) is 31.1. The molecule has 0 aliphatic carbocycles. The molecule has 0 atom stereocenters. The molecule has 32 heavy (non-hydrogen) atoms. The van der Waals surface area contributed by atoms with E-state index >= 15 is 0 Å². The number of benzene rings is 1. The summed E-state index contributed by atoms with van der Waals surface area (Å²) in [6.45, 7) is 8.86. The van der Waals surface area contributed by atoms with Crippen LogP contribution < -0.4 is 9.80 Å². The van der Waals surface area contributed by atoms with Gasteiger partial charge in [0, 0.05) is 50.1 Å². The van der Waals surface area contributed by atoms with Gasteiger partial charge in [0.1, 0.15) is 22.7 Å². The molecule has 4 heterocycles. The Morgan fingerprint density at radius 1 is 1.00 bits per heavy atom. The van der Waals surface area contributed by atoms with E-state index in [9.17, 15) is 9.90 Å². The van der Waals surface area contributed by atoms with Crippen molar-refractivity contribution in [3.05, 3.63) is 41.0 Å². The lowest BCUT2D eigenvalue weighted by Crippen LogP contribution is -2.51. The normalized spacial score (nSPS) is 17.9. The quantitative estimate of drug-likeness (QED) is 0.656. The molecule has 0 spiro atoms. The maximum atomic E-state index is 13.2. The van der Waals surface area contributed by atoms with Crippen molar-refractivity contribution >= 4 is 39.0 Å². The maximum absolute atomic E-state index is 13.2. The van der Waals surface area contributed by atoms with Crippen molar-refractivity contribution in [3.8, 4) is 5.75 Å². The number of para-hydroxylation sites is 2. The number of anilines is 2. The number of carbonyl (C=O) groups excluding carboxylic acids is 1. The zero-order valence-corrected chi connectivity index (χ0v) is 19.4. The van der Waals surface area contributed by atoms with E-state index in [0.29, 0.717) is 18.8 Å². The molecule has 7 nitrogen and oxygen atoms in total. The van der Waals surface area contributed by atoms with Gasteiger partial charge in [-0.1, -0.05) is 12.1 Å². The molecule has 0 saturated carbocycles. The number of hydrogen-bond donors (Lipinski definition) is 1. The summed E-state index contributed by atoms with van der Waals surface area (Å²) in [5.74, 6) is 1.66. The highest BCUT2D eigenvalue weighted by Crippen LogP contribution is 2.36. The van der Waals surface area contributed by atoms with Crippen LogP contribution >= 0.6 is 11.3 Å². The molecule has 0 unspecified atom stereocenters. The average Bonchev–Trinajstić information content (AvgIpc) is 3.13. The Labute approximate surface area is 192 Å². The van der Waals surface area contributed by atoms with Crippen molar-refractivity contribution in [2.45, 2.75) is 26.7 Å².